The van der Waals surface area contributed by atoms with Crippen LogP contribution in [0.1, 0.15) is 0 Å². The van der Waals surface area contributed by atoms with Gasteiger partial charge in [0.1, 0.15) is 0 Å². The maximum Gasteiger partial charge on any atom is 0.236 e. The number of hydrogen-bond donors (Lipinski definition) is 1. The molecule has 1 amide bonds. The number of hydrogen-bond acceptors (Lipinski definition) is 4. The Bertz CT molecular complexity index is 239. The van der Waals surface area contributed by atoms with E-state index in [2.05, 4.69) is 11.9 Å². The number of likely N-dealkylation sites (tertiary alicyclic amines) is 1. The van der Waals surface area contributed by atoms with Gasteiger partial charge in [-0.1, -0.05) is 0 Å². The Hall–Kier alpha value is -0.360. The van der Waals surface area contributed by atoms with Crippen molar-refractivity contribution in [2.45, 2.75) is 12.1 Å². The molecule has 2 rings (SSSR count). The molecule has 5 nitrogen and oxygen atoms in total. The van der Waals surface area contributed by atoms with Crippen molar-refractivity contribution in [2.75, 3.05) is 39.8 Å². The van der Waals surface area contributed by atoms with E-state index in [1.54, 1.807) is 4.90 Å². The summed E-state index contributed by atoms with van der Waals surface area (Å²) in [5.41, 5.74) is 5.33. The highest BCUT2D eigenvalue weighted by Gasteiger charge is 2.39. The molecule has 2 heterocycles. The van der Waals surface area contributed by atoms with E-state index in [9.17, 15) is 4.79 Å². The van der Waals surface area contributed by atoms with Crippen LogP contribution >= 0.6 is 12.4 Å². The Labute approximate surface area is 95.9 Å². The summed E-state index contributed by atoms with van der Waals surface area (Å²) in [4.78, 5) is 15.5. The van der Waals surface area contributed by atoms with Gasteiger partial charge in [0.15, 0.2) is 0 Å². The number of halogens is 1. The quantitative estimate of drug-likeness (QED) is 0.628. The van der Waals surface area contributed by atoms with Crippen LogP contribution in [0.4, 0.5) is 0 Å². The van der Waals surface area contributed by atoms with E-state index in [0.717, 1.165) is 19.7 Å². The fourth-order valence-corrected chi connectivity index (χ4v) is 2.19. The number of carbonyl (C=O) groups excluding carboxylic acids is 1. The number of amides is 1. The standard InChI is InChI=1S/C9H17N3O2.ClH/c1-11-2-3-14-8-6-12(5-7(8)11)9(13)4-10;/h7-8H,2-6,10H2,1H3;1H/t7-,8+;/m0./s1. The molecule has 0 aliphatic carbocycles. The van der Waals surface area contributed by atoms with Gasteiger partial charge >= 0.3 is 0 Å². The minimum absolute atomic E-state index is 0. The molecule has 2 aliphatic heterocycles. The van der Waals surface area contributed by atoms with Gasteiger partial charge in [0.25, 0.3) is 0 Å². The van der Waals surface area contributed by atoms with Crippen LogP contribution in [0.5, 0.6) is 0 Å². The van der Waals surface area contributed by atoms with Crippen molar-refractivity contribution in [1.82, 2.24) is 9.80 Å². The van der Waals surface area contributed by atoms with Gasteiger partial charge in [0, 0.05) is 19.6 Å². The normalized spacial score (nSPS) is 30.9. The summed E-state index contributed by atoms with van der Waals surface area (Å²) < 4.78 is 5.62. The maximum atomic E-state index is 11.4. The zero-order valence-electron chi connectivity index (χ0n) is 8.89. The third kappa shape index (κ3) is 2.42. The van der Waals surface area contributed by atoms with Crippen LogP contribution < -0.4 is 5.73 Å². The van der Waals surface area contributed by atoms with Gasteiger partial charge in [-0.25, -0.2) is 0 Å². The molecule has 2 aliphatic rings. The second-order valence-corrected chi connectivity index (χ2v) is 3.96. The van der Waals surface area contributed by atoms with Gasteiger partial charge in [-0.15, -0.1) is 12.4 Å². The Morgan fingerprint density at radius 3 is 2.87 bits per heavy atom. The first kappa shape index (κ1) is 12.7. The highest BCUT2D eigenvalue weighted by Crippen LogP contribution is 2.21. The summed E-state index contributed by atoms with van der Waals surface area (Å²) in [5.74, 6) is 0.0244. The zero-order valence-corrected chi connectivity index (χ0v) is 9.70. The molecule has 0 aromatic heterocycles. The molecular formula is C9H18ClN3O2. The van der Waals surface area contributed by atoms with Gasteiger partial charge in [-0.2, -0.15) is 0 Å². The number of rotatable bonds is 1. The Balaban J connectivity index is 0.00000112. The largest absolute Gasteiger partial charge is 0.373 e. The van der Waals surface area contributed by atoms with Crippen LogP contribution in [0, 0.1) is 0 Å². The first-order valence-corrected chi connectivity index (χ1v) is 5.02. The van der Waals surface area contributed by atoms with Gasteiger partial charge in [-0.3, -0.25) is 9.69 Å². The SMILES string of the molecule is CN1CCO[C@@H]2CN(C(=O)CN)C[C@@H]21.Cl. The van der Waals surface area contributed by atoms with Crippen LogP contribution in [0.3, 0.4) is 0 Å². The van der Waals surface area contributed by atoms with Crippen molar-refractivity contribution >= 4 is 18.3 Å². The fourth-order valence-electron chi connectivity index (χ4n) is 2.19. The number of nitrogens with two attached hydrogens (primary N) is 1. The van der Waals surface area contributed by atoms with Crippen LogP contribution in [0.25, 0.3) is 0 Å². The lowest BCUT2D eigenvalue weighted by Gasteiger charge is -2.33. The predicted molar refractivity (Wildman–Crippen MR) is 59.0 cm³/mol. The van der Waals surface area contributed by atoms with Crippen LogP contribution in [0.2, 0.25) is 0 Å². The number of morpholine rings is 1. The Morgan fingerprint density at radius 2 is 2.27 bits per heavy atom. The van der Waals surface area contributed by atoms with E-state index in [1.165, 1.54) is 0 Å². The van der Waals surface area contributed by atoms with Crippen molar-refractivity contribution < 1.29 is 9.53 Å². The van der Waals surface area contributed by atoms with Crippen LogP contribution in [-0.4, -0.2) is 67.7 Å². The molecule has 2 saturated heterocycles. The fraction of sp³-hybridized carbons (Fsp3) is 0.889. The van der Waals surface area contributed by atoms with E-state index >= 15 is 0 Å². The molecule has 0 bridgehead atoms. The molecule has 0 aromatic rings. The summed E-state index contributed by atoms with van der Waals surface area (Å²) in [6.45, 7) is 3.28. The summed E-state index contributed by atoms with van der Waals surface area (Å²) in [7, 11) is 2.08. The monoisotopic (exact) mass is 235 g/mol. The summed E-state index contributed by atoms with van der Waals surface area (Å²) in [5, 5.41) is 0. The highest BCUT2D eigenvalue weighted by atomic mass is 35.5. The van der Waals surface area contributed by atoms with E-state index < -0.39 is 0 Å². The minimum Gasteiger partial charge on any atom is -0.373 e. The van der Waals surface area contributed by atoms with Crippen molar-refractivity contribution in [2.24, 2.45) is 5.73 Å². The second kappa shape index (κ2) is 5.12. The Morgan fingerprint density at radius 1 is 1.53 bits per heavy atom. The summed E-state index contributed by atoms with van der Waals surface area (Å²) >= 11 is 0. The number of carbonyl (C=O) groups is 1. The maximum absolute atomic E-state index is 11.4. The molecule has 88 valence electrons. The van der Waals surface area contributed by atoms with Crippen LogP contribution in [-0.2, 0) is 9.53 Å². The third-order valence-corrected chi connectivity index (χ3v) is 3.11. The lowest BCUT2D eigenvalue weighted by molar-refractivity contribution is -0.129. The molecule has 0 spiro atoms. The lowest BCUT2D eigenvalue weighted by atomic mass is 10.1. The number of ether oxygens (including phenoxy) is 1. The Kier molecular flexibility index (Phi) is 4.33. The number of nitrogens with zero attached hydrogens (tertiary/aromatic N) is 2. The molecule has 6 heteroatoms. The molecule has 0 unspecified atom stereocenters. The topological polar surface area (TPSA) is 58.8 Å². The molecular weight excluding hydrogens is 218 g/mol. The molecule has 15 heavy (non-hydrogen) atoms. The zero-order chi connectivity index (χ0) is 10.1. The minimum atomic E-state index is 0. The van der Waals surface area contributed by atoms with Gasteiger partial charge in [0.2, 0.25) is 5.91 Å². The molecule has 2 N–H and O–H groups in total. The summed E-state index contributed by atoms with van der Waals surface area (Å²) in [6.07, 6.45) is 0.184. The predicted octanol–water partition coefficient (Wildman–Crippen LogP) is -1.09. The molecule has 0 aromatic carbocycles. The number of likely N-dealkylation sites (N-methyl/N-ethyl adjacent to an activating group) is 1. The molecule has 2 fully saturated rings. The van der Waals surface area contributed by atoms with Gasteiger partial charge in [0.05, 0.1) is 25.3 Å². The van der Waals surface area contributed by atoms with Crippen molar-refractivity contribution in [3.8, 4) is 0 Å². The van der Waals surface area contributed by atoms with E-state index in [1.807, 2.05) is 0 Å². The van der Waals surface area contributed by atoms with Crippen LogP contribution in [0.15, 0.2) is 0 Å². The van der Waals surface area contributed by atoms with Gasteiger partial charge < -0.3 is 15.4 Å². The van der Waals surface area contributed by atoms with Crippen molar-refractivity contribution in [3.05, 3.63) is 0 Å². The molecule has 0 saturated carbocycles. The molecule has 2 atom stereocenters. The second-order valence-electron chi connectivity index (χ2n) is 3.96. The third-order valence-electron chi connectivity index (χ3n) is 3.11. The average Bonchev–Trinajstić information content (AvgIpc) is 2.62. The van der Waals surface area contributed by atoms with E-state index in [0.29, 0.717) is 12.6 Å². The van der Waals surface area contributed by atoms with E-state index in [-0.39, 0.29) is 31.0 Å². The lowest BCUT2D eigenvalue weighted by Crippen LogP contribution is -2.48. The number of fused-ring (bicyclic) bond motifs is 1. The molecule has 0 radical (unpaired) electrons. The first-order valence-electron chi connectivity index (χ1n) is 5.02. The van der Waals surface area contributed by atoms with Crippen molar-refractivity contribution in [3.63, 3.8) is 0 Å². The summed E-state index contributed by atoms with van der Waals surface area (Å²) in [6, 6.07) is 0.360. The average molecular weight is 236 g/mol. The first-order chi connectivity index (χ1) is 6.72. The van der Waals surface area contributed by atoms with Gasteiger partial charge in [-0.05, 0) is 7.05 Å². The highest BCUT2D eigenvalue weighted by molar-refractivity contribution is 5.85. The van der Waals surface area contributed by atoms with E-state index in [4.69, 9.17) is 10.5 Å². The smallest absolute Gasteiger partial charge is 0.236 e. The van der Waals surface area contributed by atoms with Crippen molar-refractivity contribution in [1.29, 1.82) is 0 Å².